The van der Waals surface area contributed by atoms with Crippen molar-refractivity contribution in [2.45, 2.75) is 39.2 Å². The highest BCUT2D eigenvalue weighted by Gasteiger charge is 2.25. The lowest BCUT2D eigenvalue weighted by Crippen LogP contribution is -2.23. The van der Waals surface area contributed by atoms with E-state index in [1.54, 1.807) is 61.1 Å². The van der Waals surface area contributed by atoms with Gasteiger partial charge in [0.25, 0.3) is 11.6 Å². The number of nitrogens with one attached hydrogen (secondary N) is 1. The summed E-state index contributed by atoms with van der Waals surface area (Å²) in [7, 11) is 0. The maximum absolute atomic E-state index is 13.1. The van der Waals surface area contributed by atoms with Gasteiger partial charge in [0.1, 0.15) is 22.3 Å². The summed E-state index contributed by atoms with van der Waals surface area (Å²) in [5, 5.41) is 14.9. The lowest BCUT2D eigenvalue weighted by Gasteiger charge is -2.12. The van der Waals surface area contributed by atoms with Gasteiger partial charge in [-0.2, -0.15) is 0 Å². The molecule has 3 aromatic heterocycles. The van der Waals surface area contributed by atoms with E-state index in [0.717, 1.165) is 31.2 Å². The van der Waals surface area contributed by atoms with Crippen LogP contribution in [-0.4, -0.2) is 17.0 Å². The molecule has 0 atom stereocenters. The second kappa shape index (κ2) is 9.71. The van der Waals surface area contributed by atoms with Gasteiger partial charge < -0.3 is 14.2 Å². The van der Waals surface area contributed by atoms with Crippen molar-refractivity contribution in [3.63, 3.8) is 0 Å². The van der Waals surface area contributed by atoms with Gasteiger partial charge in [-0.3, -0.25) is 14.9 Å². The maximum atomic E-state index is 13.1. The highest BCUT2D eigenvalue weighted by Crippen LogP contribution is 2.40. The third-order valence-electron chi connectivity index (χ3n) is 6.01. The molecule has 0 bridgehead atoms. The van der Waals surface area contributed by atoms with Crippen LogP contribution < -0.4 is 5.32 Å². The zero-order valence-electron chi connectivity index (χ0n) is 19.1. The van der Waals surface area contributed by atoms with E-state index in [1.165, 1.54) is 10.9 Å². The molecular formula is C26H23N3O5S. The van der Waals surface area contributed by atoms with E-state index < -0.39 is 4.92 Å². The van der Waals surface area contributed by atoms with Crippen LogP contribution in [-0.2, 0) is 19.4 Å². The first-order valence-electron chi connectivity index (χ1n) is 11.3. The third-order valence-corrected chi connectivity index (χ3v) is 7.21. The number of benzene rings is 1. The summed E-state index contributed by atoms with van der Waals surface area (Å²) in [4.78, 5) is 29.8. The number of aryl methyl sites for hydroxylation is 2. The van der Waals surface area contributed by atoms with Gasteiger partial charge in [-0.25, -0.2) is 4.99 Å². The lowest BCUT2D eigenvalue weighted by molar-refractivity contribution is -0.385. The van der Waals surface area contributed by atoms with E-state index in [0.29, 0.717) is 45.5 Å². The SMILES string of the molecule is Cc1ccc(-c2ccc(C=Nc3sc4c(c3C(=O)NCc3ccco3)CCCC4)o2)cc1[N+](=O)[O-]. The van der Waals surface area contributed by atoms with Crippen molar-refractivity contribution in [3.05, 3.63) is 91.9 Å². The zero-order chi connectivity index (χ0) is 24.4. The molecular weight excluding hydrogens is 466 g/mol. The predicted octanol–water partition coefficient (Wildman–Crippen LogP) is 6.38. The molecule has 0 saturated heterocycles. The van der Waals surface area contributed by atoms with E-state index in [-0.39, 0.29) is 11.6 Å². The molecule has 0 fully saturated rings. The molecule has 35 heavy (non-hydrogen) atoms. The molecule has 3 heterocycles. The number of nitro benzene ring substituents is 1. The Morgan fingerprint density at radius 3 is 2.89 bits per heavy atom. The molecule has 1 aliphatic carbocycles. The summed E-state index contributed by atoms with van der Waals surface area (Å²) in [6.07, 6.45) is 7.14. The number of hydrogen-bond donors (Lipinski definition) is 1. The van der Waals surface area contributed by atoms with Gasteiger partial charge in [0.15, 0.2) is 0 Å². The van der Waals surface area contributed by atoms with Gasteiger partial charge in [0, 0.05) is 22.1 Å². The van der Waals surface area contributed by atoms with Crippen LogP contribution in [0, 0.1) is 17.0 Å². The number of furan rings is 2. The Morgan fingerprint density at radius 1 is 1.23 bits per heavy atom. The molecule has 5 rings (SSSR count). The zero-order valence-corrected chi connectivity index (χ0v) is 19.9. The average Bonchev–Trinajstić information content (AvgIpc) is 3.61. The van der Waals surface area contributed by atoms with E-state index in [1.807, 2.05) is 6.07 Å². The summed E-state index contributed by atoms with van der Waals surface area (Å²) >= 11 is 1.54. The normalized spacial score (nSPS) is 13.2. The average molecular weight is 490 g/mol. The van der Waals surface area contributed by atoms with Gasteiger partial charge in [0.05, 0.1) is 29.5 Å². The van der Waals surface area contributed by atoms with Gasteiger partial charge in [-0.1, -0.05) is 12.1 Å². The Labute approximate surface area is 205 Å². The maximum Gasteiger partial charge on any atom is 0.273 e. The number of aliphatic imine (C=N–C) groups is 1. The summed E-state index contributed by atoms with van der Waals surface area (Å²) in [5.74, 6) is 1.53. The minimum Gasteiger partial charge on any atom is -0.467 e. The molecule has 4 aromatic rings. The van der Waals surface area contributed by atoms with Crippen molar-refractivity contribution in [1.29, 1.82) is 0 Å². The first-order chi connectivity index (χ1) is 17.0. The number of nitrogens with zero attached hydrogens (tertiary/aromatic N) is 2. The molecule has 9 heteroatoms. The van der Waals surface area contributed by atoms with E-state index in [9.17, 15) is 14.9 Å². The van der Waals surface area contributed by atoms with Gasteiger partial charge >= 0.3 is 0 Å². The van der Waals surface area contributed by atoms with Crippen LogP contribution in [0.2, 0.25) is 0 Å². The van der Waals surface area contributed by atoms with Crippen LogP contribution in [0.4, 0.5) is 10.7 Å². The second-order valence-corrected chi connectivity index (χ2v) is 9.46. The standard InChI is InChI=1S/C26H23N3O5S/c1-16-8-9-17(13-21(16)29(31)32)22-11-10-19(34-22)15-28-26-24(20-6-2-3-7-23(20)35-26)25(30)27-14-18-5-4-12-33-18/h4-5,8-13,15H,2-3,6-7,14H2,1H3,(H,27,30). The largest absolute Gasteiger partial charge is 0.467 e. The predicted molar refractivity (Wildman–Crippen MR) is 134 cm³/mol. The number of carbonyl (C=O) groups is 1. The van der Waals surface area contributed by atoms with Crippen molar-refractivity contribution >= 4 is 34.1 Å². The number of amides is 1. The molecule has 0 aliphatic heterocycles. The second-order valence-electron chi connectivity index (χ2n) is 8.37. The van der Waals surface area contributed by atoms with Crippen LogP contribution in [0.3, 0.4) is 0 Å². The number of nitro groups is 1. The van der Waals surface area contributed by atoms with Crippen LogP contribution >= 0.6 is 11.3 Å². The van der Waals surface area contributed by atoms with Gasteiger partial charge in [0.2, 0.25) is 0 Å². The summed E-state index contributed by atoms with van der Waals surface area (Å²) in [6, 6.07) is 12.1. The Morgan fingerprint density at radius 2 is 2.09 bits per heavy atom. The first-order valence-corrected chi connectivity index (χ1v) is 12.2. The van der Waals surface area contributed by atoms with Gasteiger partial charge in [-0.15, -0.1) is 11.3 Å². The monoisotopic (exact) mass is 489 g/mol. The number of hydrogen-bond acceptors (Lipinski definition) is 7. The van der Waals surface area contributed by atoms with Crippen molar-refractivity contribution < 1.29 is 18.6 Å². The fraction of sp³-hybridized carbons (Fsp3) is 0.231. The molecule has 1 N–H and O–H groups in total. The molecule has 178 valence electrons. The molecule has 0 spiro atoms. The summed E-state index contributed by atoms with van der Waals surface area (Å²) < 4.78 is 11.2. The van der Waals surface area contributed by atoms with Gasteiger partial charge in [-0.05, 0) is 62.4 Å². The quantitative estimate of drug-likeness (QED) is 0.184. The van der Waals surface area contributed by atoms with Crippen LogP contribution in [0.25, 0.3) is 11.3 Å². The highest BCUT2D eigenvalue weighted by atomic mass is 32.1. The number of carbonyl (C=O) groups excluding carboxylic acids is 1. The molecule has 0 saturated carbocycles. The summed E-state index contributed by atoms with van der Waals surface area (Å²) in [6.45, 7) is 2.01. The molecule has 1 aliphatic rings. The van der Waals surface area contributed by atoms with E-state index in [2.05, 4.69) is 10.3 Å². The van der Waals surface area contributed by atoms with Crippen molar-refractivity contribution in [2.24, 2.45) is 4.99 Å². The van der Waals surface area contributed by atoms with E-state index in [4.69, 9.17) is 8.83 Å². The third kappa shape index (κ3) is 4.81. The Hall–Kier alpha value is -3.98. The van der Waals surface area contributed by atoms with Crippen LogP contribution in [0.1, 0.15) is 50.7 Å². The number of fused-ring (bicyclic) bond motifs is 1. The Kier molecular flexibility index (Phi) is 6.33. The topological polar surface area (TPSA) is 111 Å². The van der Waals surface area contributed by atoms with Crippen molar-refractivity contribution in [2.75, 3.05) is 0 Å². The fourth-order valence-electron chi connectivity index (χ4n) is 4.20. The molecule has 0 unspecified atom stereocenters. The fourth-order valence-corrected chi connectivity index (χ4v) is 5.43. The van der Waals surface area contributed by atoms with Crippen molar-refractivity contribution in [3.8, 4) is 11.3 Å². The summed E-state index contributed by atoms with van der Waals surface area (Å²) in [5.41, 5.74) is 2.95. The number of rotatable bonds is 7. The molecule has 0 radical (unpaired) electrons. The minimum atomic E-state index is -0.402. The highest BCUT2D eigenvalue weighted by molar-refractivity contribution is 7.16. The number of thiophene rings is 1. The Balaban J connectivity index is 1.40. The Bertz CT molecular complexity index is 1410. The smallest absolute Gasteiger partial charge is 0.273 e. The first kappa shape index (κ1) is 22.8. The van der Waals surface area contributed by atoms with Crippen LogP contribution in [0.15, 0.2) is 62.6 Å². The molecule has 1 aromatic carbocycles. The van der Waals surface area contributed by atoms with Crippen LogP contribution in [0.5, 0.6) is 0 Å². The molecule has 8 nitrogen and oxygen atoms in total. The van der Waals surface area contributed by atoms with E-state index >= 15 is 0 Å². The van der Waals surface area contributed by atoms with Crippen molar-refractivity contribution in [1.82, 2.24) is 5.32 Å². The minimum absolute atomic E-state index is 0.0449. The lowest BCUT2D eigenvalue weighted by atomic mass is 9.95. The molecule has 1 amide bonds.